The van der Waals surface area contributed by atoms with Crippen LogP contribution < -0.4 is 14.9 Å². The van der Waals surface area contributed by atoms with Gasteiger partial charge in [0.1, 0.15) is 11.5 Å². The summed E-state index contributed by atoms with van der Waals surface area (Å²) >= 11 is 1.33. The molecule has 2 unspecified atom stereocenters. The van der Waals surface area contributed by atoms with Crippen LogP contribution in [0.15, 0.2) is 53.6 Å². The van der Waals surface area contributed by atoms with Crippen molar-refractivity contribution in [2.45, 2.75) is 23.8 Å². The molecule has 0 bridgehead atoms. The van der Waals surface area contributed by atoms with Gasteiger partial charge in [0.2, 0.25) is 5.95 Å². The third-order valence-electron chi connectivity index (χ3n) is 6.99. The smallest absolute Gasteiger partial charge is 0.349 e. The number of hydrogen-bond acceptors (Lipinski definition) is 9. The average Bonchev–Trinajstić information content (AvgIpc) is 3.70. The summed E-state index contributed by atoms with van der Waals surface area (Å²) in [6.45, 7) is 3.51. The summed E-state index contributed by atoms with van der Waals surface area (Å²) in [7, 11) is -4.42. The Hall–Kier alpha value is -3.63. The molecule has 0 aliphatic carbocycles. The quantitative estimate of drug-likeness (QED) is 0.206. The summed E-state index contributed by atoms with van der Waals surface area (Å²) < 4.78 is 81.1. The molecule has 10 nitrogen and oxygen atoms in total. The van der Waals surface area contributed by atoms with E-state index in [4.69, 9.17) is 14.5 Å². The van der Waals surface area contributed by atoms with E-state index in [0.717, 1.165) is 31.6 Å². The van der Waals surface area contributed by atoms with Crippen molar-refractivity contribution in [1.29, 1.82) is 0 Å². The molecule has 43 heavy (non-hydrogen) atoms. The number of anilines is 3. The number of nitrogens with zero attached hydrogens (tertiary/aromatic N) is 4. The predicted molar refractivity (Wildman–Crippen MR) is 158 cm³/mol. The van der Waals surface area contributed by atoms with Crippen molar-refractivity contribution >= 4 is 38.5 Å². The van der Waals surface area contributed by atoms with Gasteiger partial charge in [-0.2, -0.15) is 9.27 Å². The maximum atomic E-state index is 16.1. The Morgan fingerprint density at radius 1 is 1.09 bits per heavy atom. The molecule has 2 aromatic heterocycles. The topological polar surface area (TPSA) is 122 Å². The lowest BCUT2D eigenvalue weighted by atomic mass is 10.1. The van der Waals surface area contributed by atoms with Gasteiger partial charge >= 0.3 is 10.4 Å². The van der Waals surface area contributed by atoms with E-state index in [0.29, 0.717) is 60.6 Å². The molecular weight excluding hydrogens is 605 g/mol. The number of rotatable bonds is 9. The van der Waals surface area contributed by atoms with Gasteiger partial charge in [0.25, 0.3) is 4.90 Å². The Balaban J connectivity index is 1.37. The summed E-state index contributed by atoms with van der Waals surface area (Å²) in [4.78, 5) is 15.5. The van der Waals surface area contributed by atoms with Crippen LogP contribution in [0.1, 0.15) is 12.8 Å². The zero-order valence-corrected chi connectivity index (χ0v) is 24.4. The predicted octanol–water partition coefficient (Wildman–Crippen LogP) is 5.47. The average molecular weight is 634 g/mol. The van der Waals surface area contributed by atoms with E-state index in [1.807, 2.05) is 4.90 Å². The Morgan fingerprint density at radius 2 is 1.93 bits per heavy atom. The number of nitrogens with one attached hydrogen (secondary N) is 2. The van der Waals surface area contributed by atoms with E-state index in [-0.39, 0.29) is 23.0 Å². The lowest BCUT2D eigenvalue weighted by molar-refractivity contribution is 0.120. The molecular formula is C28H28F3N6O4S2+. The Bertz CT molecular complexity index is 1660. The SMILES string of the molecule is O=[S+](O)(Nc1cccc(-c2nc(N3CCOCC3)sc2-c2ccnc(NCC3CCCO3)n2)c1F)c1cc(F)ccc1F. The van der Waals surface area contributed by atoms with Crippen LogP contribution in [0.2, 0.25) is 0 Å². The van der Waals surface area contributed by atoms with Crippen molar-refractivity contribution in [3.8, 4) is 21.8 Å². The van der Waals surface area contributed by atoms with Gasteiger partial charge in [-0.25, -0.2) is 28.1 Å². The normalized spacial score (nSPS) is 18.4. The van der Waals surface area contributed by atoms with Crippen LogP contribution in [0.4, 0.5) is 29.9 Å². The van der Waals surface area contributed by atoms with Gasteiger partial charge in [-0.1, -0.05) is 17.4 Å². The van der Waals surface area contributed by atoms with Crippen molar-refractivity contribution in [1.82, 2.24) is 15.0 Å². The maximum absolute atomic E-state index is 16.1. The highest BCUT2D eigenvalue weighted by Crippen LogP contribution is 2.42. The first-order chi connectivity index (χ1) is 20.8. The fraction of sp³-hybridized carbons (Fsp3) is 0.321. The molecule has 0 spiro atoms. The molecule has 6 rings (SSSR count). The minimum Gasteiger partial charge on any atom is -0.378 e. The number of thiazole rings is 1. The van der Waals surface area contributed by atoms with E-state index < -0.39 is 32.7 Å². The van der Waals surface area contributed by atoms with Crippen molar-refractivity contribution in [2.75, 3.05) is 54.4 Å². The number of halogens is 3. The molecule has 15 heteroatoms. The molecule has 2 aliphatic heterocycles. The number of aromatic nitrogens is 3. The van der Waals surface area contributed by atoms with Gasteiger partial charge in [-0.05, 0) is 47.4 Å². The number of morpholine rings is 1. The molecule has 2 aliphatic rings. The number of benzene rings is 2. The number of hydrogen-bond donors (Lipinski definition) is 3. The van der Waals surface area contributed by atoms with Crippen LogP contribution in [-0.2, 0) is 24.1 Å². The van der Waals surface area contributed by atoms with Crippen LogP contribution in [0.5, 0.6) is 0 Å². The highest BCUT2D eigenvalue weighted by atomic mass is 32.3. The number of ether oxygens (including phenoxy) is 2. The van der Waals surface area contributed by atoms with Crippen LogP contribution in [0.3, 0.4) is 0 Å². The first kappa shape index (κ1) is 29.4. The summed E-state index contributed by atoms with van der Waals surface area (Å²) in [5.74, 6) is -2.53. The highest BCUT2D eigenvalue weighted by Gasteiger charge is 2.36. The van der Waals surface area contributed by atoms with Crippen LogP contribution in [-0.4, -0.2) is 65.1 Å². The van der Waals surface area contributed by atoms with Crippen LogP contribution >= 0.6 is 11.3 Å². The maximum Gasteiger partial charge on any atom is 0.349 e. The summed E-state index contributed by atoms with van der Waals surface area (Å²) in [5.41, 5.74) is 0.403. The Labute approximate surface area is 250 Å². The zero-order chi connectivity index (χ0) is 30.0. The molecule has 2 fully saturated rings. The van der Waals surface area contributed by atoms with Gasteiger partial charge in [-0.3, -0.25) is 0 Å². The summed E-state index contributed by atoms with van der Waals surface area (Å²) in [5, 5.41) is 3.84. The van der Waals surface area contributed by atoms with E-state index in [2.05, 4.69) is 20.0 Å². The fourth-order valence-corrected chi connectivity index (χ4v) is 7.09. The lowest BCUT2D eigenvalue weighted by Crippen LogP contribution is -2.36. The van der Waals surface area contributed by atoms with Gasteiger partial charge in [0.05, 0.1) is 35.6 Å². The van der Waals surface area contributed by atoms with E-state index in [1.54, 1.807) is 12.3 Å². The fourth-order valence-electron chi connectivity index (χ4n) is 4.82. The first-order valence-electron chi connectivity index (χ1n) is 13.6. The molecule has 2 atom stereocenters. The van der Waals surface area contributed by atoms with Gasteiger partial charge < -0.3 is 19.7 Å². The molecule has 3 N–H and O–H groups in total. The standard InChI is InChI=1S/C28H27F3N6O4S2/c29-17-6-7-20(30)23(15-17)43(38,39)36-21-5-1-4-19(24(21)31)25-26(42-28(35-25)37-10-13-40-14-11-37)22-8-9-32-27(34-22)33-16-18-3-2-12-41-18/h1,4-9,15,18H,2-3,10-14,16H2,(H2-,32,33,34,36,38,39)/p+1. The van der Waals surface area contributed by atoms with Crippen molar-refractivity contribution in [3.05, 3.63) is 66.1 Å². The van der Waals surface area contributed by atoms with Crippen LogP contribution in [0, 0.1) is 17.5 Å². The first-order valence-corrected chi connectivity index (χ1v) is 15.9. The Kier molecular flexibility index (Phi) is 8.59. The largest absolute Gasteiger partial charge is 0.378 e. The van der Waals surface area contributed by atoms with Gasteiger partial charge in [0, 0.05) is 44.1 Å². The molecule has 0 saturated carbocycles. The minimum absolute atomic E-state index is 0.0261. The van der Waals surface area contributed by atoms with E-state index in [9.17, 15) is 17.5 Å². The highest BCUT2D eigenvalue weighted by molar-refractivity contribution is 7.99. The van der Waals surface area contributed by atoms with Gasteiger partial charge in [0.15, 0.2) is 16.8 Å². The molecule has 4 heterocycles. The Morgan fingerprint density at radius 3 is 2.72 bits per heavy atom. The summed E-state index contributed by atoms with van der Waals surface area (Å²) in [6, 6.07) is 8.05. The van der Waals surface area contributed by atoms with Crippen molar-refractivity contribution < 1.29 is 31.4 Å². The second kappa shape index (κ2) is 12.5. The second-order valence-electron chi connectivity index (χ2n) is 9.92. The van der Waals surface area contributed by atoms with E-state index >= 15 is 4.39 Å². The van der Waals surface area contributed by atoms with Gasteiger partial charge in [-0.15, -0.1) is 0 Å². The summed E-state index contributed by atoms with van der Waals surface area (Å²) in [6.07, 6.45) is 3.63. The minimum atomic E-state index is -4.42. The van der Waals surface area contributed by atoms with Crippen molar-refractivity contribution in [2.24, 2.45) is 0 Å². The van der Waals surface area contributed by atoms with Crippen molar-refractivity contribution in [3.63, 3.8) is 0 Å². The molecule has 2 aromatic carbocycles. The molecule has 2 saturated heterocycles. The third-order valence-corrected chi connectivity index (χ3v) is 9.54. The molecule has 0 amide bonds. The van der Waals surface area contributed by atoms with Crippen LogP contribution in [0.25, 0.3) is 21.8 Å². The third kappa shape index (κ3) is 6.50. The lowest BCUT2D eigenvalue weighted by Gasteiger charge is -2.26. The molecule has 226 valence electrons. The zero-order valence-electron chi connectivity index (χ0n) is 22.8. The molecule has 4 aromatic rings. The monoisotopic (exact) mass is 633 g/mol. The second-order valence-corrected chi connectivity index (χ2v) is 12.6. The molecule has 0 radical (unpaired) electrons. The van der Waals surface area contributed by atoms with E-state index in [1.165, 1.54) is 29.5 Å².